The highest BCUT2D eigenvalue weighted by Crippen LogP contribution is 2.27. The summed E-state index contributed by atoms with van der Waals surface area (Å²) in [6.07, 6.45) is 1.66. The van der Waals surface area contributed by atoms with Gasteiger partial charge in [-0.15, -0.1) is 0 Å². The molecule has 2 aromatic carbocycles. The Bertz CT molecular complexity index is 763. The molecule has 3 nitrogen and oxygen atoms in total. The van der Waals surface area contributed by atoms with Crippen LogP contribution in [0.5, 0.6) is 0 Å². The van der Waals surface area contributed by atoms with Crippen molar-refractivity contribution in [2.75, 3.05) is 13.1 Å². The standard InChI is InChI=1S/C21H21NO2/c1-2-14-21(24)15-22(16-21)20(23)19-12-10-18(11-13-19)9-8-17-6-4-3-5-7-17/h3-7,10-13,24H,2,14-16H2,1H3. The van der Waals surface area contributed by atoms with Crippen LogP contribution in [0.4, 0.5) is 0 Å². The Morgan fingerprint density at radius 3 is 2.21 bits per heavy atom. The van der Waals surface area contributed by atoms with E-state index >= 15 is 0 Å². The molecule has 1 amide bonds. The molecule has 2 aromatic rings. The number of rotatable bonds is 3. The van der Waals surface area contributed by atoms with Crippen LogP contribution in [0.15, 0.2) is 54.6 Å². The van der Waals surface area contributed by atoms with Crippen LogP contribution in [0.1, 0.15) is 41.3 Å². The van der Waals surface area contributed by atoms with E-state index in [4.69, 9.17) is 0 Å². The fourth-order valence-electron chi connectivity index (χ4n) is 2.98. The molecule has 1 fully saturated rings. The fourth-order valence-corrected chi connectivity index (χ4v) is 2.98. The Hall–Kier alpha value is -2.57. The Labute approximate surface area is 142 Å². The van der Waals surface area contributed by atoms with Crippen LogP contribution in [0.25, 0.3) is 0 Å². The van der Waals surface area contributed by atoms with Gasteiger partial charge in [-0.1, -0.05) is 43.4 Å². The van der Waals surface area contributed by atoms with E-state index in [0.717, 1.165) is 24.0 Å². The lowest BCUT2D eigenvalue weighted by Crippen LogP contribution is -2.63. The zero-order valence-electron chi connectivity index (χ0n) is 13.8. The molecule has 0 atom stereocenters. The van der Waals surface area contributed by atoms with Crippen LogP contribution >= 0.6 is 0 Å². The zero-order chi connectivity index (χ0) is 17.0. The minimum atomic E-state index is -0.689. The maximum atomic E-state index is 12.4. The molecule has 0 aliphatic carbocycles. The van der Waals surface area contributed by atoms with E-state index in [9.17, 15) is 9.90 Å². The lowest BCUT2D eigenvalue weighted by molar-refractivity contribution is -0.0860. The van der Waals surface area contributed by atoms with Gasteiger partial charge in [0, 0.05) is 16.7 Å². The van der Waals surface area contributed by atoms with Crippen LogP contribution in [0.2, 0.25) is 0 Å². The average molecular weight is 319 g/mol. The number of likely N-dealkylation sites (tertiary alicyclic amines) is 1. The number of carbonyl (C=O) groups is 1. The quantitative estimate of drug-likeness (QED) is 0.883. The summed E-state index contributed by atoms with van der Waals surface area (Å²) in [6, 6.07) is 17.1. The highest BCUT2D eigenvalue weighted by molar-refractivity contribution is 5.95. The minimum Gasteiger partial charge on any atom is -0.386 e. The van der Waals surface area contributed by atoms with Gasteiger partial charge in [0.2, 0.25) is 0 Å². The second kappa shape index (κ2) is 6.90. The molecule has 3 rings (SSSR count). The predicted octanol–water partition coefficient (Wildman–Crippen LogP) is 3.07. The third-order valence-electron chi connectivity index (χ3n) is 4.23. The number of aliphatic hydroxyl groups is 1. The maximum Gasteiger partial charge on any atom is 0.254 e. The maximum absolute atomic E-state index is 12.4. The van der Waals surface area contributed by atoms with Gasteiger partial charge in [-0.25, -0.2) is 0 Å². The highest BCUT2D eigenvalue weighted by Gasteiger charge is 2.42. The predicted molar refractivity (Wildman–Crippen MR) is 94.6 cm³/mol. The van der Waals surface area contributed by atoms with E-state index in [0.29, 0.717) is 18.7 Å². The van der Waals surface area contributed by atoms with Crippen LogP contribution < -0.4 is 0 Å². The van der Waals surface area contributed by atoms with Gasteiger partial charge in [0.25, 0.3) is 5.91 Å². The normalized spacial score (nSPS) is 15.2. The first-order chi connectivity index (χ1) is 11.6. The third kappa shape index (κ3) is 3.67. The smallest absolute Gasteiger partial charge is 0.254 e. The number of hydrogen-bond acceptors (Lipinski definition) is 2. The van der Waals surface area contributed by atoms with Crippen molar-refractivity contribution in [1.29, 1.82) is 0 Å². The number of benzene rings is 2. The number of nitrogens with zero attached hydrogens (tertiary/aromatic N) is 1. The average Bonchev–Trinajstić information content (AvgIpc) is 2.59. The number of amides is 1. The van der Waals surface area contributed by atoms with Gasteiger partial charge in [-0.2, -0.15) is 0 Å². The molecule has 1 N–H and O–H groups in total. The first-order valence-electron chi connectivity index (χ1n) is 8.28. The summed E-state index contributed by atoms with van der Waals surface area (Å²) < 4.78 is 0. The molecule has 1 aliphatic rings. The molecule has 1 saturated heterocycles. The molecule has 24 heavy (non-hydrogen) atoms. The summed E-state index contributed by atoms with van der Waals surface area (Å²) in [5.41, 5.74) is 1.79. The van der Waals surface area contributed by atoms with E-state index in [1.165, 1.54) is 0 Å². The molecule has 0 radical (unpaired) electrons. The first-order valence-corrected chi connectivity index (χ1v) is 8.28. The molecule has 0 bridgehead atoms. The van der Waals surface area contributed by atoms with E-state index in [-0.39, 0.29) is 5.91 Å². The highest BCUT2D eigenvalue weighted by atomic mass is 16.3. The van der Waals surface area contributed by atoms with E-state index in [1.54, 1.807) is 17.0 Å². The summed E-state index contributed by atoms with van der Waals surface area (Å²) in [6.45, 7) is 2.89. The van der Waals surface area contributed by atoms with Crippen molar-refractivity contribution in [3.8, 4) is 11.8 Å². The lowest BCUT2D eigenvalue weighted by Gasteiger charge is -2.46. The van der Waals surface area contributed by atoms with Crippen molar-refractivity contribution in [2.45, 2.75) is 25.4 Å². The molecular weight excluding hydrogens is 298 g/mol. The monoisotopic (exact) mass is 319 g/mol. The lowest BCUT2D eigenvalue weighted by atomic mass is 9.88. The molecule has 1 heterocycles. The Balaban J connectivity index is 1.63. The summed E-state index contributed by atoms with van der Waals surface area (Å²) in [5, 5.41) is 10.2. The fraction of sp³-hybridized carbons (Fsp3) is 0.286. The van der Waals surface area contributed by atoms with Crippen molar-refractivity contribution < 1.29 is 9.90 Å². The van der Waals surface area contributed by atoms with E-state index < -0.39 is 5.60 Å². The summed E-state index contributed by atoms with van der Waals surface area (Å²) >= 11 is 0. The minimum absolute atomic E-state index is 0.0293. The van der Waals surface area contributed by atoms with Crippen molar-refractivity contribution in [3.63, 3.8) is 0 Å². The molecule has 0 spiro atoms. The molecular formula is C21H21NO2. The molecule has 0 unspecified atom stereocenters. The van der Waals surface area contributed by atoms with Crippen molar-refractivity contribution in [1.82, 2.24) is 4.90 Å². The Kier molecular flexibility index (Phi) is 4.69. The van der Waals surface area contributed by atoms with E-state index in [2.05, 4.69) is 11.8 Å². The topological polar surface area (TPSA) is 40.5 Å². The number of hydrogen-bond donors (Lipinski definition) is 1. The second-order valence-electron chi connectivity index (χ2n) is 6.33. The van der Waals surface area contributed by atoms with Gasteiger partial charge < -0.3 is 10.0 Å². The van der Waals surface area contributed by atoms with Gasteiger partial charge in [0.15, 0.2) is 0 Å². The third-order valence-corrected chi connectivity index (χ3v) is 4.23. The van der Waals surface area contributed by atoms with Crippen molar-refractivity contribution in [3.05, 3.63) is 71.3 Å². The Morgan fingerprint density at radius 1 is 1.04 bits per heavy atom. The van der Waals surface area contributed by atoms with Crippen molar-refractivity contribution >= 4 is 5.91 Å². The van der Waals surface area contributed by atoms with Gasteiger partial charge >= 0.3 is 0 Å². The molecule has 0 aromatic heterocycles. The van der Waals surface area contributed by atoms with Crippen molar-refractivity contribution in [2.24, 2.45) is 0 Å². The van der Waals surface area contributed by atoms with Crippen LogP contribution in [-0.2, 0) is 0 Å². The number of β-amino-alcohol motifs (C(OH)–C–C–N with tert-alkyl or cyclic N) is 1. The van der Waals surface area contributed by atoms with Crippen LogP contribution in [0, 0.1) is 11.8 Å². The Morgan fingerprint density at radius 2 is 1.62 bits per heavy atom. The van der Waals surface area contributed by atoms with Crippen LogP contribution in [0.3, 0.4) is 0 Å². The molecule has 1 aliphatic heterocycles. The van der Waals surface area contributed by atoms with Crippen LogP contribution in [-0.4, -0.2) is 34.6 Å². The first kappa shape index (κ1) is 16.3. The largest absolute Gasteiger partial charge is 0.386 e. The summed E-state index contributed by atoms with van der Waals surface area (Å²) in [5.74, 6) is 6.17. The molecule has 3 heteroatoms. The molecule has 122 valence electrons. The number of carbonyl (C=O) groups excluding carboxylic acids is 1. The SMILES string of the molecule is CCCC1(O)CN(C(=O)c2ccc(C#Cc3ccccc3)cc2)C1. The van der Waals surface area contributed by atoms with Gasteiger partial charge in [0.1, 0.15) is 0 Å². The second-order valence-corrected chi connectivity index (χ2v) is 6.33. The summed E-state index contributed by atoms with van der Waals surface area (Å²) in [7, 11) is 0. The molecule has 0 saturated carbocycles. The van der Waals surface area contributed by atoms with E-state index in [1.807, 2.05) is 49.4 Å². The summed E-state index contributed by atoms with van der Waals surface area (Å²) in [4.78, 5) is 14.1. The van der Waals surface area contributed by atoms with Gasteiger partial charge in [-0.3, -0.25) is 4.79 Å². The van der Waals surface area contributed by atoms with Gasteiger partial charge in [0.05, 0.1) is 18.7 Å². The van der Waals surface area contributed by atoms with Gasteiger partial charge in [-0.05, 0) is 42.8 Å². The zero-order valence-corrected chi connectivity index (χ0v) is 13.8.